The van der Waals surface area contributed by atoms with Gasteiger partial charge in [-0.3, -0.25) is 10.2 Å². The van der Waals surface area contributed by atoms with Gasteiger partial charge in [-0.25, -0.2) is 4.79 Å². The summed E-state index contributed by atoms with van der Waals surface area (Å²) in [6.07, 6.45) is -0.311. The van der Waals surface area contributed by atoms with Crippen LogP contribution in [0.1, 0.15) is 41.5 Å². The Morgan fingerprint density at radius 1 is 1.15 bits per heavy atom. The Morgan fingerprint density at radius 2 is 1.81 bits per heavy atom. The lowest BCUT2D eigenvalue weighted by atomic mass is 9.93. The van der Waals surface area contributed by atoms with E-state index in [0.717, 1.165) is 0 Å². The number of carbonyl (C=O) groups excluding carboxylic acids is 2. The van der Waals surface area contributed by atoms with Crippen LogP contribution in [0, 0.1) is 10.8 Å². The SMILES string of the molecule is CCOC(=O)C(C)(C)CN1CC2CN(C(=O)OC(C)(C)C)CCN2C1=N. The number of guanidine groups is 1. The number of hydrogen-bond acceptors (Lipinski definition) is 5. The third-order valence-electron chi connectivity index (χ3n) is 4.55. The number of hydrogen-bond donors (Lipinski definition) is 1. The van der Waals surface area contributed by atoms with Crippen LogP contribution < -0.4 is 0 Å². The van der Waals surface area contributed by atoms with E-state index in [1.54, 1.807) is 11.8 Å². The Hall–Kier alpha value is -1.99. The van der Waals surface area contributed by atoms with Gasteiger partial charge in [0.25, 0.3) is 0 Å². The first-order valence-corrected chi connectivity index (χ1v) is 9.20. The molecule has 0 bridgehead atoms. The highest BCUT2D eigenvalue weighted by Crippen LogP contribution is 2.26. The number of nitrogens with zero attached hydrogens (tertiary/aromatic N) is 3. The molecular weight excluding hydrogens is 336 g/mol. The molecule has 0 aliphatic carbocycles. The largest absolute Gasteiger partial charge is 0.466 e. The van der Waals surface area contributed by atoms with Crippen LogP contribution in [0.2, 0.25) is 0 Å². The van der Waals surface area contributed by atoms with Crippen LogP contribution >= 0.6 is 0 Å². The Morgan fingerprint density at radius 3 is 2.38 bits per heavy atom. The highest BCUT2D eigenvalue weighted by atomic mass is 16.6. The van der Waals surface area contributed by atoms with Gasteiger partial charge in [0.1, 0.15) is 5.60 Å². The summed E-state index contributed by atoms with van der Waals surface area (Å²) in [7, 11) is 0. The van der Waals surface area contributed by atoms with Crippen LogP contribution in [0.5, 0.6) is 0 Å². The molecule has 2 rings (SSSR count). The summed E-state index contributed by atoms with van der Waals surface area (Å²) in [4.78, 5) is 30.1. The second kappa shape index (κ2) is 7.32. The normalized spacial score (nSPS) is 20.9. The van der Waals surface area contributed by atoms with E-state index in [9.17, 15) is 9.59 Å². The number of ether oxygens (including phenoxy) is 2. The van der Waals surface area contributed by atoms with E-state index in [1.165, 1.54) is 0 Å². The van der Waals surface area contributed by atoms with Crippen LogP contribution in [-0.4, -0.2) is 83.7 Å². The molecule has 0 aromatic carbocycles. The molecule has 0 radical (unpaired) electrons. The smallest absolute Gasteiger partial charge is 0.410 e. The Kier molecular flexibility index (Phi) is 5.73. The minimum Gasteiger partial charge on any atom is -0.466 e. The Bertz CT molecular complexity index is 570. The molecule has 0 aromatic heterocycles. The van der Waals surface area contributed by atoms with E-state index in [4.69, 9.17) is 14.9 Å². The molecular formula is C18H32N4O4. The zero-order valence-corrected chi connectivity index (χ0v) is 16.8. The van der Waals surface area contributed by atoms with Crippen LogP contribution in [0.25, 0.3) is 0 Å². The lowest BCUT2D eigenvalue weighted by Gasteiger charge is -2.37. The van der Waals surface area contributed by atoms with Gasteiger partial charge in [-0.2, -0.15) is 0 Å². The lowest BCUT2D eigenvalue weighted by molar-refractivity contribution is -0.153. The van der Waals surface area contributed by atoms with Gasteiger partial charge in [-0.1, -0.05) is 0 Å². The Balaban J connectivity index is 1.99. The van der Waals surface area contributed by atoms with Crippen molar-refractivity contribution >= 4 is 18.0 Å². The van der Waals surface area contributed by atoms with Gasteiger partial charge in [0.15, 0.2) is 5.96 Å². The van der Waals surface area contributed by atoms with Crippen LogP contribution in [0.4, 0.5) is 4.79 Å². The zero-order valence-electron chi connectivity index (χ0n) is 16.8. The lowest BCUT2D eigenvalue weighted by Crippen LogP contribution is -2.54. The molecule has 1 unspecified atom stereocenters. The van der Waals surface area contributed by atoms with Crippen LogP contribution in [0.15, 0.2) is 0 Å². The van der Waals surface area contributed by atoms with Gasteiger partial charge in [-0.15, -0.1) is 0 Å². The van der Waals surface area contributed by atoms with Crippen molar-refractivity contribution in [1.82, 2.24) is 14.7 Å². The fourth-order valence-corrected chi connectivity index (χ4v) is 3.31. The fourth-order valence-electron chi connectivity index (χ4n) is 3.31. The summed E-state index contributed by atoms with van der Waals surface area (Å²) >= 11 is 0. The number of fused-ring (bicyclic) bond motifs is 1. The molecule has 1 N–H and O–H groups in total. The van der Waals surface area contributed by atoms with E-state index < -0.39 is 11.0 Å². The van der Waals surface area contributed by atoms with Crippen molar-refractivity contribution < 1.29 is 19.1 Å². The molecule has 148 valence electrons. The number of esters is 1. The molecule has 8 nitrogen and oxygen atoms in total. The van der Waals surface area contributed by atoms with Crippen molar-refractivity contribution in [3.05, 3.63) is 0 Å². The van der Waals surface area contributed by atoms with Crippen molar-refractivity contribution in [2.75, 3.05) is 39.3 Å². The van der Waals surface area contributed by atoms with Gasteiger partial charge >= 0.3 is 12.1 Å². The molecule has 2 saturated heterocycles. The van der Waals surface area contributed by atoms with Crippen LogP contribution in [-0.2, 0) is 14.3 Å². The van der Waals surface area contributed by atoms with E-state index in [-0.39, 0.29) is 18.1 Å². The maximum atomic E-state index is 12.3. The summed E-state index contributed by atoms with van der Waals surface area (Å²) in [6, 6.07) is 0.0433. The number of carbonyl (C=O) groups is 2. The predicted molar refractivity (Wildman–Crippen MR) is 98.0 cm³/mol. The van der Waals surface area contributed by atoms with Gasteiger partial charge in [-0.05, 0) is 41.5 Å². The fraction of sp³-hybridized carbons (Fsp3) is 0.833. The van der Waals surface area contributed by atoms with Gasteiger partial charge in [0.2, 0.25) is 0 Å². The van der Waals surface area contributed by atoms with Crippen molar-refractivity contribution in [1.29, 1.82) is 5.41 Å². The quantitative estimate of drug-likeness (QED) is 0.761. The molecule has 0 spiro atoms. The molecule has 0 saturated carbocycles. The van der Waals surface area contributed by atoms with Crippen LogP contribution in [0.3, 0.4) is 0 Å². The van der Waals surface area contributed by atoms with Crippen molar-refractivity contribution in [3.63, 3.8) is 0 Å². The van der Waals surface area contributed by atoms with E-state index in [2.05, 4.69) is 0 Å². The monoisotopic (exact) mass is 368 g/mol. The summed E-state index contributed by atoms with van der Waals surface area (Å²) in [5, 5.41) is 8.44. The number of amides is 1. The van der Waals surface area contributed by atoms with Crippen molar-refractivity contribution in [3.8, 4) is 0 Å². The van der Waals surface area contributed by atoms with E-state index >= 15 is 0 Å². The molecule has 2 heterocycles. The number of nitrogens with one attached hydrogen (secondary N) is 1. The minimum absolute atomic E-state index is 0.0433. The first-order chi connectivity index (χ1) is 11.9. The molecule has 8 heteroatoms. The summed E-state index contributed by atoms with van der Waals surface area (Å²) < 4.78 is 10.6. The van der Waals surface area contributed by atoms with Gasteiger partial charge in [0, 0.05) is 32.7 Å². The average molecular weight is 368 g/mol. The summed E-state index contributed by atoms with van der Waals surface area (Å²) in [6.45, 7) is 14.0. The molecule has 2 aliphatic rings. The predicted octanol–water partition coefficient (Wildman–Crippen LogP) is 1.75. The second-order valence-electron chi connectivity index (χ2n) is 8.58. The molecule has 1 atom stereocenters. The molecule has 2 aliphatic heterocycles. The maximum Gasteiger partial charge on any atom is 0.410 e. The molecule has 0 aromatic rings. The van der Waals surface area contributed by atoms with Crippen molar-refractivity contribution in [2.45, 2.75) is 53.2 Å². The first-order valence-electron chi connectivity index (χ1n) is 9.20. The summed E-state index contributed by atoms with van der Waals surface area (Å²) in [5.41, 5.74) is -1.21. The standard InChI is InChI=1S/C18H32N4O4/c1-7-25-14(23)18(5,6)12-21-11-13-10-20(8-9-22(13)15(21)19)16(24)26-17(2,3)4/h13,19H,7-12H2,1-6H3. The zero-order chi connectivity index (χ0) is 19.7. The molecule has 2 fully saturated rings. The molecule has 1 amide bonds. The highest BCUT2D eigenvalue weighted by Gasteiger charge is 2.43. The summed E-state index contributed by atoms with van der Waals surface area (Å²) in [5.74, 6) is 0.157. The highest BCUT2D eigenvalue weighted by molar-refractivity contribution is 5.82. The Labute approximate surface area is 155 Å². The third kappa shape index (κ3) is 4.59. The average Bonchev–Trinajstić information content (AvgIpc) is 2.81. The van der Waals surface area contributed by atoms with Crippen molar-refractivity contribution in [2.24, 2.45) is 5.41 Å². The number of rotatable bonds is 4. The van der Waals surface area contributed by atoms with E-state index in [1.807, 2.05) is 44.4 Å². The number of piperazine rings is 1. The minimum atomic E-state index is -0.693. The third-order valence-corrected chi connectivity index (χ3v) is 4.55. The first kappa shape index (κ1) is 20.3. The maximum absolute atomic E-state index is 12.3. The van der Waals surface area contributed by atoms with Gasteiger partial charge in [0.05, 0.1) is 18.1 Å². The topological polar surface area (TPSA) is 86.2 Å². The second-order valence-corrected chi connectivity index (χ2v) is 8.58. The molecule has 26 heavy (non-hydrogen) atoms. The van der Waals surface area contributed by atoms with Gasteiger partial charge < -0.3 is 24.2 Å². The van der Waals surface area contributed by atoms with E-state index in [0.29, 0.717) is 45.3 Å².